The second kappa shape index (κ2) is 5.78. The van der Waals surface area contributed by atoms with Gasteiger partial charge >= 0.3 is 0 Å². The van der Waals surface area contributed by atoms with Gasteiger partial charge in [0, 0.05) is 28.8 Å². The highest BCUT2D eigenvalue weighted by Gasteiger charge is 2.18. The summed E-state index contributed by atoms with van der Waals surface area (Å²) in [7, 11) is 0. The highest BCUT2D eigenvalue weighted by molar-refractivity contribution is 9.10. The highest BCUT2D eigenvalue weighted by Crippen LogP contribution is 2.28. The molecule has 0 bridgehead atoms. The molecule has 88 valence electrons. The van der Waals surface area contributed by atoms with Gasteiger partial charge < -0.3 is 5.73 Å². The van der Waals surface area contributed by atoms with E-state index in [0.29, 0.717) is 0 Å². The first kappa shape index (κ1) is 12.1. The average molecular weight is 283 g/mol. The molecule has 0 saturated heterocycles. The monoisotopic (exact) mass is 282 g/mol. The molecule has 0 spiro atoms. The van der Waals surface area contributed by atoms with E-state index in [2.05, 4.69) is 27.0 Å². The van der Waals surface area contributed by atoms with Crippen molar-refractivity contribution in [3.05, 3.63) is 28.5 Å². The van der Waals surface area contributed by atoms with Crippen molar-refractivity contribution in [2.45, 2.75) is 44.6 Å². The van der Waals surface area contributed by atoms with Crippen molar-refractivity contribution in [3.63, 3.8) is 0 Å². The molecule has 2 nitrogen and oxygen atoms in total. The zero-order chi connectivity index (χ0) is 11.4. The minimum absolute atomic E-state index is 0.275. The summed E-state index contributed by atoms with van der Waals surface area (Å²) in [4.78, 5) is 4.37. The van der Waals surface area contributed by atoms with Crippen molar-refractivity contribution in [3.8, 4) is 0 Å². The largest absolute Gasteiger partial charge is 0.327 e. The average Bonchev–Trinajstić information content (AvgIpc) is 2.74. The molecule has 3 heteroatoms. The third-order valence-electron chi connectivity index (χ3n) is 3.37. The first-order chi connectivity index (χ1) is 7.74. The van der Waals surface area contributed by atoms with E-state index < -0.39 is 0 Å². The SMILES string of the molecule is NC(Cc1ccc(Br)cn1)CC1CCCC1. The first-order valence-corrected chi connectivity index (χ1v) is 6.89. The van der Waals surface area contributed by atoms with Crippen molar-refractivity contribution >= 4 is 15.9 Å². The molecule has 1 aliphatic rings. The van der Waals surface area contributed by atoms with Crippen LogP contribution >= 0.6 is 15.9 Å². The van der Waals surface area contributed by atoms with Crippen molar-refractivity contribution in [1.82, 2.24) is 4.98 Å². The Bertz CT molecular complexity index is 317. The number of hydrogen-bond donors (Lipinski definition) is 1. The van der Waals surface area contributed by atoms with Crippen LogP contribution in [-0.2, 0) is 6.42 Å². The van der Waals surface area contributed by atoms with E-state index >= 15 is 0 Å². The fourth-order valence-corrected chi connectivity index (χ4v) is 2.79. The Balaban J connectivity index is 1.81. The number of aromatic nitrogens is 1. The summed E-state index contributed by atoms with van der Waals surface area (Å²) in [6, 6.07) is 4.36. The molecule has 1 atom stereocenters. The second-order valence-corrected chi connectivity index (χ2v) is 5.73. The summed E-state index contributed by atoms with van der Waals surface area (Å²) in [5.41, 5.74) is 7.28. The quantitative estimate of drug-likeness (QED) is 0.920. The van der Waals surface area contributed by atoms with Gasteiger partial charge in [0.25, 0.3) is 0 Å². The summed E-state index contributed by atoms with van der Waals surface area (Å²) < 4.78 is 1.03. The Morgan fingerprint density at radius 2 is 2.12 bits per heavy atom. The molecular weight excluding hydrogens is 264 g/mol. The third-order valence-corrected chi connectivity index (χ3v) is 3.84. The van der Waals surface area contributed by atoms with Crippen LogP contribution in [0.25, 0.3) is 0 Å². The summed E-state index contributed by atoms with van der Waals surface area (Å²) in [5.74, 6) is 0.866. The summed E-state index contributed by atoms with van der Waals surface area (Å²) in [6.07, 6.45) is 9.46. The molecule has 0 amide bonds. The number of hydrogen-bond acceptors (Lipinski definition) is 2. The highest BCUT2D eigenvalue weighted by atomic mass is 79.9. The van der Waals surface area contributed by atoms with Crippen LogP contribution in [0.5, 0.6) is 0 Å². The predicted molar refractivity (Wildman–Crippen MR) is 70.2 cm³/mol. The van der Waals surface area contributed by atoms with Gasteiger partial charge in [-0.05, 0) is 40.4 Å². The van der Waals surface area contributed by atoms with E-state index in [9.17, 15) is 0 Å². The lowest BCUT2D eigenvalue weighted by atomic mass is 9.96. The molecule has 1 aromatic rings. The Hall–Kier alpha value is -0.410. The Kier molecular flexibility index (Phi) is 4.36. The van der Waals surface area contributed by atoms with E-state index in [-0.39, 0.29) is 6.04 Å². The maximum atomic E-state index is 6.17. The minimum atomic E-state index is 0.275. The van der Waals surface area contributed by atoms with E-state index in [0.717, 1.165) is 28.9 Å². The molecule has 0 aliphatic heterocycles. The molecule has 2 rings (SSSR count). The van der Waals surface area contributed by atoms with Crippen LogP contribution in [0.4, 0.5) is 0 Å². The van der Waals surface area contributed by atoms with Gasteiger partial charge in [-0.15, -0.1) is 0 Å². The molecule has 1 saturated carbocycles. The van der Waals surface area contributed by atoms with Gasteiger partial charge in [-0.3, -0.25) is 4.98 Å². The fourth-order valence-electron chi connectivity index (χ4n) is 2.55. The van der Waals surface area contributed by atoms with Gasteiger partial charge in [-0.25, -0.2) is 0 Å². The summed E-state index contributed by atoms with van der Waals surface area (Å²) >= 11 is 3.39. The topological polar surface area (TPSA) is 38.9 Å². The normalized spacial score (nSPS) is 18.9. The van der Waals surface area contributed by atoms with Crippen LogP contribution in [0.1, 0.15) is 37.8 Å². The van der Waals surface area contributed by atoms with E-state index in [4.69, 9.17) is 5.73 Å². The third kappa shape index (κ3) is 3.56. The number of pyridine rings is 1. The van der Waals surface area contributed by atoms with Gasteiger partial charge in [0.1, 0.15) is 0 Å². The number of rotatable bonds is 4. The first-order valence-electron chi connectivity index (χ1n) is 6.10. The smallest absolute Gasteiger partial charge is 0.0419 e. The molecule has 1 aromatic heterocycles. The van der Waals surface area contributed by atoms with Crippen molar-refractivity contribution < 1.29 is 0 Å². The van der Waals surface area contributed by atoms with Crippen LogP contribution in [0.2, 0.25) is 0 Å². The standard InChI is InChI=1S/C13H19BrN2/c14-11-5-6-13(16-9-11)8-12(15)7-10-3-1-2-4-10/h5-6,9-10,12H,1-4,7-8,15H2. The second-order valence-electron chi connectivity index (χ2n) is 4.82. The lowest BCUT2D eigenvalue weighted by Crippen LogP contribution is -2.25. The summed E-state index contributed by atoms with van der Waals surface area (Å²) in [6.45, 7) is 0. The summed E-state index contributed by atoms with van der Waals surface area (Å²) in [5, 5.41) is 0. The van der Waals surface area contributed by atoms with Crippen molar-refractivity contribution in [1.29, 1.82) is 0 Å². The minimum Gasteiger partial charge on any atom is -0.327 e. The van der Waals surface area contributed by atoms with E-state index in [1.807, 2.05) is 12.3 Å². The van der Waals surface area contributed by atoms with Crippen molar-refractivity contribution in [2.24, 2.45) is 11.7 Å². The van der Waals surface area contributed by atoms with Gasteiger partial charge in [-0.1, -0.05) is 25.7 Å². The zero-order valence-corrected chi connectivity index (χ0v) is 11.1. The Morgan fingerprint density at radius 3 is 2.75 bits per heavy atom. The van der Waals surface area contributed by atoms with Crippen LogP contribution in [0, 0.1) is 5.92 Å². The maximum Gasteiger partial charge on any atom is 0.0419 e. The van der Waals surface area contributed by atoms with Gasteiger partial charge in [0.05, 0.1) is 0 Å². The van der Waals surface area contributed by atoms with Crippen LogP contribution < -0.4 is 5.73 Å². The molecule has 1 fully saturated rings. The Labute approximate surface area is 106 Å². The zero-order valence-electron chi connectivity index (χ0n) is 9.53. The molecule has 2 N–H and O–H groups in total. The predicted octanol–water partition coefficient (Wildman–Crippen LogP) is 3.29. The van der Waals surface area contributed by atoms with E-state index in [1.54, 1.807) is 0 Å². The van der Waals surface area contributed by atoms with Gasteiger partial charge in [-0.2, -0.15) is 0 Å². The van der Waals surface area contributed by atoms with Crippen LogP contribution in [-0.4, -0.2) is 11.0 Å². The molecule has 0 radical (unpaired) electrons. The number of halogens is 1. The maximum absolute atomic E-state index is 6.17. The Morgan fingerprint density at radius 1 is 1.38 bits per heavy atom. The van der Waals surface area contributed by atoms with Gasteiger partial charge in [0.15, 0.2) is 0 Å². The van der Waals surface area contributed by atoms with Crippen LogP contribution in [0.15, 0.2) is 22.8 Å². The molecular formula is C13H19BrN2. The molecule has 0 aromatic carbocycles. The van der Waals surface area contributed by atoms with E-state index in [1.165, 1.54) is 25.7 Å². The molecule has 16 heavy (non-hydrogen) atoms. The molecule has 1 aliphatic carbocycles. The molecule has 1 unspecified atom stereocenters. The fraction of sp³-hybridized carbons (Fsp3) is 0.615. The number of nitrogens with two attached hydrogens (primary N) is 1. The van der Waals surface area contributed by atoms with Crippen LogP contribution in [0.3, 0.4) is 0 Å². The lowest BCUT2D eigenvalue weighted by Gasteiger charge is -2.15. The van der Waals surface area contributed by atoms with Crippen molar-refractivity contribution in [2.75, 3.05) is 0 Å². The number of nitrogens with zero attached hydrogens (tertiary/aromatic N) is 1. The lowest BCUT2D eigenvalue weighted by molar-refractivity contribution is 0.439. The molecule has 1 heterocycles. The van der Waals surface area contributed by atoms with Gasteiger partial charge in [0.2, 0.25) is 0 Å².